The van der Waals surface area contributed by atoms with E-state index in [9.17, 15) is 30.7 Å². The van der Waals surface area contributed by atoms with Gasteiger partial charge in [-0.1, -0.05) is 26.0 Å². The molecule has 6 aromatic heterocycles. The summed E-state index contributed by atoms with van der Waals surface area (Å²) in [4.78, 5) is 23.4. The number of piperidine rings is 2. The van der Waals surface area contributed by atoms with Gasteiger partial charge in [0.25, 0.3) is 0 Å². The van der Waals surface area contributed by atoms with Crippen LogP contribution >= 0.6 is 38.6 Å². The quantitative estimate of drug-likeness (QED) is 0.117. The third-order valence-corrected chi connectivity index (χ3v) is 18.8. The molecule has 15 nitrogen and oxygen atoms in total. The first-order valence-corrected chi connectivity index (χ1v) is 30.3. The van der Waals surface area contributed by atoms with Crippen molar-refractivity contribution < 1.29 is 30.7 Å². The van der Waals surface area contributed by atoms with E-state index in [1.54, 1.807) is 20.7 Å². The smallest absolute Gasteiger partial charge is 0.211 e. The van der Waals surface area contributed by atoms with Crippen molar-refractivity contribution in [2.45, 2.75) is 70.8 Å². The van der Waals surface area contributed by atoms with E-state index in [2.05, 4.69) is 68.0 Å². The molecule has 0 spiro atoms. The van der Waals surface area contributed by atoms with Crippen molar-refractivity contribution >= 4 is 91.8 Å². The normalized spacial score (nSPS) is 15.5. The number of sulfonamides is 2. The molecule has 1 N–H and O–H groups in total. The lowest BCUT2D eigenvalue weighted by Crippen LogP contribution is -2.37. The SMILES string of the molecule is CCc1nc2ccc(C3CCN(S(C)(=O)=O)CC3)cn2c1N(C)c1nc(-c2ccc(F)cc2Br)cs1.CCc1nc2ccc(C3CCN(S(C)(=O)=O)CC3)cn2c1N(C)c1nc(-c2ccc(F)cc2CO)cs1. The highest BCUT2D eigenvalue weighted by Crippen LogP contribution is 2.39. The van der Waals surface area contributed by atoms with Crippen molar-refractivity contribution in [3.8, 4) is 22.5 Å². The molecule has 22 heteroatoms. The zero-order valence-corrected chi connectivity index (χ0v) is 46.2. The van der Waals surface area contributed by atoms with Gasteiger partial charge in [-0.25, -0.2) is 54.2 Å². The van der Waals surface area contributed by atoms with Crippen molar-refractivity contribution in [1.82, 2.24) is 37.3 Å². The molecule has 2 aliphatic rings. The molecule has 0 aliphatic carbocycles. The summed E-state index contributed by atoms with van der Waals surface area (Å²) in [5, 5.41) is 15.1. The molecule has 0 atom stereocenters. The number of benzene rings is 2. The lowest BCUT2D eigenvalue weighted by molar-refractivity contribution is 0.281. The first kappa shape index (κ1) is 52.7. The number of fused-ring (bicyclic) bond motifs is 2. The molecule has 2 fully saturated rings. The van der Waals surface area contributed by atoms with Crippen LogP contribution in [-0.4, -0.2) is 112 Å². The van der Waals surface area contributed by atoms with E-state index in [4.69, 9.17) is 19.9 Å². The Labute approximate surface area is 441 Å². The van der Waals surface area contributed by atoms with Gasteiger partial charge in [-0.3, -0.25) is 8.80 Å². The van der Waals surface area contributed by atoms with Gasteiger partial charge in [0.1, 0.15) is 34.6 Å². The summed E-state index contributed by atoms with van der Waals surface area (Å²) in [5.41, 5.74) is 9.46. The van der Waals surface area contributed by atoms with Gasteiger partial charge < -0.3 is 14.9 Å². The third kappa shape index (κ3) is 11.1. The highest BCUT2D eigenvalue weighted by Gasteiger charge is 2.29. The molecule has 0 radical (unpaired) electrons. The summed E-state index contributed by atoms with van der Waals surface area (Å²) in [7, 11) is -2.37. The minimum atomic E-state index is -3.17. The Morgan fingerprint density at radius 2 is 1.07 bits per heavy atom. The second kappa shape index (κ2) is 21.6. The number of aliphatic hydroxyl groups is 1. The van der Waals surface area contributed by atoms with Crippen LogP contribution in [0.4, 0.5) is 30.7 Å². The standard InChI is InChI=1S/C26H30FN5O3S2.C25H27BrFN5O2S2/c1-4-22-25(30(2)26-29-23(16-36-26)21-7-6-20(27)13-19(21)15-33)32-14-18(5-8-24(32)28-22)17-9-11-31(12-10-17)37(3,34)35;1-4-21-24(30(2)25-29-22(15-35-25)19-7-6-18(27)13-20(19)26)32-14-17(5-8-23(32)28-21)16-9-11-31(12-10-16)36(3,33)34/h5-8,13-14,16-17,33H,4,9-12,15H2,1-3H3;5-8,13-16H,4,9-12H2,1-3H3. The number of aromatic nitrogens is 6. The molecule has 10 rings (SSSR count). The van der Waals surface area contributed by atoms with E-state index in [-0.39, 0.29) is 18.3 Å². The van der Waals surface area contributed by atoms with Gasteiger partial charge in [-0.05, 0) is 132 Å². The fourth-order valence-corrected chi connectivity index (χ4v) is 13.7. The number of rotatable bonds is 13. The topological polar surface area (TPSA) is 162 Å². The van der Waals surface area contributed by atoms with Gasteiger partial charge in [-0.15, -0.1) is 22.7 Å². The predicted molar refractivity (Wildman–Crippen MR) is 291 cm³/mol. The Morgan fingerprint density at radius 1 is 0.644 bits per heavy atom. The van der Waals surface area contributed by atoms with Gasteiger partial charge in [0.05, 0.1) is 41.9 Å². The van der Waals surface area contributed by atoms with Crippen molar-refractivity contribution in [3.63, 3.8) is 0 Å². The van der Waals surface area contributed by atoms with E-state index in [0.29, 0.717) is 53.4 Å². The summed E-state index contributed by atoms with van der Waals surface area (Å²) < 4.78 is 82.8. The monoisotopic (exact) mass is 1130 g/mol. The van der Waals surface area contributed by atoms with Gasteiger partial charge in [0.15, 0.2) is 10.3 Å². The fourth-order valence-electron chi connectivity index (χ4n) is 9.81. The lowest BCUT2D eigenvalue weighted by Gasteiger charge is -2.30. The first-order chi connectivity index (χ1) is 34.8. The minimum Gasteiger partial charge on any atom is -0.392 e. The van der Waals surface area contributed by atoms with E-state index < -0.39 is 25.9 Å². The van der Waals surface area contributed by atoms with Crippen LogP contribution in [0.2, 0.25) is 0 Å². The number of hydrogen-bond donors (Lipinski definition) is 1. The van der Waals surface area contributed by atoms with Gasteiger partial charge in [0.2, 0.25) is 20.0 Å². The second-order valence-corrected chi connectivity index (χ2v) is 24.9. The molecule has 8 aromatic rings. The highest BCUT2D eigenvalue weighted by atomic mass is 79.9. The molecule has 73 heavy (non-hydrogen) atoms. The average molecular weight is 1140 g/mol. The van der Waals surface area contributed by atoms with Crippen LogP contribution in [0.25, 0.3) is 33.8 Å². The molecule has 386 valence electrons. The van der Waals surface area contributed by atoms with E-state index in [0.717, 1.165) is 99.9 Å². The van der Waals surface area contributed by atoms with Crippen LogP contribution in [0.1, 0.15) is 79.4 Å². The summed E-state index contributed by atoms with van der Waals surface area (Å²) in [6.45, 7) is 6.02. The molecular weight excluding hydrogens is 1080 g/mol. The number of nitrogens with zero attached hydrogens (tertiary/aromatic N) is 10. The molecule has 2 aliphatic heterocycles. The number of anilines is 4. The summed E-state index contributed by atoms with van der Waals surface area (Å²) in [6, 6.07) is 17.2. The van der Waals surface area contributed by atoms with E-state index >= 15 is 0 Å². The first-order valence-electron chi connectivity index (χ1n) is 24.0. The Hall–Kier alpha value is -5.20. The van der Waals surface area contributed by atoms with Crippen LogP contribution in [0.3, 0.4) is 0 Å². The number of halogens is 3. The number of aliphatic hydroxyl groups excluding tert-OH is 1. The highest BCUT2D eigenvalue weighted by molar-refractivity contribution is 9.10. The van der Waals surface area contributed by atoms with Crippen LogP contribution < -0.4 is 9.80 Å². The van der Waals surface area contributed by atoms with E-state index in [1.807, 2.05) is 41.9 Å². The Kier molecular flexibility index (Phi) is 15.6. The second-order valence-electron chi connectivity index (χ2n) is 18.5. The summed E-state index contributed by atoms with van der Waals surface area (Å²) in [6.07, 6.45) is 11.5. The largest absolute Gasteiger partial charge is 0.392 e. The molecule has 2 aromatic carbocycles. The van der Waals surface area contributed by atoms with Crippen molar-refractivity contribution in [3.05, 3.63) is 128 Å². The number of aryl methyl sites for hydroxylation is 2. The van der Waals surface area contributed by atoms with Gasteiger partial charge >= 0.3 is 0 Å². The minimum absolute atomic E-state index is 0.269. The number of imidazole rings is 2. The Morgan fingerprint density at radius 3 is 1.48 bits per heavy atom. The molecule has 2 saturated heterocycles. The zero-order chi connectivity index (χ0) is 51.9. The third-order valence-electron chi connectivity index (χ3n) is 13.7. The Balaban J connectivity index is 0.000000180. The summed E-state index contributed by atoms with van der Waals surface area (Å²) >= 11 is 6.44. The molecule has 0 amide bonds. The van der Waals surface area contributed by atoms with E-state index in [1.165, 1.54) is 65.0 Å². The molecule has 0 saturated carbocycles. The van der Waals surface area contributed by atoms with Crippen LogP contribution in [0.5, 0.6) is 0 Å². The molecule has 0 unspecified atom stereocenters. The molecular formula is C51H57BrF2N10O5S4. The fraction of sp³-hybridized carbons (Fsp3) is 0.373. The maximum atomic E-state index is 13.7. The summed E-state index contributed by atoms with van der Waals surface area (Å²) in [5.74, 6) is 1.76. The average Bonchev–Trinajstić information content (AvgIpc) is 4.21. The van der Waals surface area contributed by atoms with Crippen LogP contribution in [-0.2, 0) is 39.5 Å². The van der Waals surface area contributed by atoms with Crippen LogP contribution in [0, 0.1) is 11.6 Å². The van der Waals surface area contributed by atoms with Crippen molar-refractivity contribution in [1.29, 1.82) is 0 Å². The number of thiazole rings is 2. The maximum Gasteiger partial charge on any atom is 0.211 e. The van der Waals surface area contributed by atoms with Gasteiger partial charge in [-0.2, -0.15) is 0 Å². The molecule has 0 bridgehead atoms. The Bertz CT molecular complexity index is 3530. The number of pyridine rings is 2. The predicted octanol–water partition coefficient (Wildman–Crippen LogP) is 10.4. The van der Waals surface area contributed by atoms with Crippen molar-refractivity contribution in [2.24, 2.45) is 0 Å². The zero-order valence-electron chi connectivity index (χ0n) is 41.3. The molecule has 8 heterocycles. The van der Waals surface area contributed by atoms with Crippen molar-refractivity contribution in [2.75, 3.05) is 62.6 Å². The van der Waals surface area contributed by atoms with Crippen LogP contribution in [0.15, 0.2) is 88.3 Å². The lowest BCUT2D eigenvalue weighted by atomic mass is 9.91. The number of hydrogen-bond acceptors (Lipinski definition) is 13. The van der Waals surface area contributed by atoms with Gasteiger partial charge in [0, 0.05) is 79.0 Å². The maximum absolute atomic E-state index is 13.7.